The Kier molecular flexibility index (Phi) is 3.26. The van der Waals surface area contributed by atoms with Gasteiger partial charge < -0.3 is 10.2 Å². The van der Waals surface area contributed by atoms with Gasteiger partial charge in [-0.15, -0.1) is 0 Å². The maximum absolute atomic E-state index is 9.38. The van der Waals surface area contributed by atoms with E-state index in [0.29, 0.717) is 24.7 Å². The van der Waals surface area contributed by atoms with E-state index in [2.05, 4.69) is 0 Å². The van der Waals surface area contributed by atoms with Crippen LogP contribution in [0.1, 0.15) is 5.56 Å². The van der Waals surface area contributed by atoms with E-state index in [-0.39, 0.29) is 0 Å². The van der Waals surface area contributed by atoms with Gasteiger partial charge in [0.15, 0.2) is 0 Å². The molecule has 1 aliphatic rings. The van der Waals surface area contributed by atoms with Crippen molar-refractivity contribution in [2.75, 3.05) is 13.1 Å². The van der Waals surface area contributed by atoms with Crippen molar-refractivity contribution >= 4 is 11.6 Å². The fourth-order valence-electron chi connectivity index (χ4n) is 1.87. The van der Waals surface area contributed by atoms with Crippen molar-refractivity contribution in [3.8, 4) is 0 Å². The van der Waals surface area contributed by atoms with Crippen LogP contribution in [0.15, 0.2) is 24.3 Å². The minimum atomic E-state index is -0.621. The Morgan fingerprint density at radius 1 is 1.27 bits per heavy atom. The van der Waals surface area contributed by atoms with Gasteiger partial charge in [-0.2, -0.15) is 0 Å². The lowest BCUT2D eigenvalue weighted by molar-refractivity contribution is 0.0572. The molecule has 0 unspecified atom stereocenters. The fourth-order valence-corrected chi connectivity index (χ4v) is 2.08. The van der Waals surface area contributed by atoms with Crippen LogP contribution in [0, 0.1) is 0 Å². The number of nitrogens with zero attached hydrogens (tertiary/aromatic N) is 1. The Morgan fingerprint density at radius 2 is 1.93 bits per heavy atom. The minimum absolute atomic E-state index is 0.522. The molecular formula is C11H14ClNO2. The summed E-state index contributed by atoms with van der Waals surface area (Å²) in [5.74, 6) is 0. The summed E-state index contributed by atoms with van der Waals surface area (Å²) < 4.78 is 0. The smallest absolute Gasteiger partial charge is 0.0938 e. The van der Waals surface area contributed by atoms with E-state index in [9.17, 15) is 10.2 Å². The highest BCUT2D eigenvalue weighted by molar-refractivity contribution is 6.30. The highest BCUT2D eigenvalue weighted by Crippen LogP contribution is 2.16. The Morgan fingerprint density at radius 3 is 2.53 bits per heavy atom. The predicted octanol–water partition coefficient (Wildman–Crippen LogP) is 0.877. The number of halogens is 1. The van der Waals surface area contributed by atoms with Crippen LogP contribution in [0.5, 0.6) is 0 Å². The molecule has 0 aliphatic carbocycles. The standard InChI is InChI=1S/C11H14ClNO2/c12-9-3-1-2-8(4-9)5-13-6-10(14)11(15)7-13/h1-4,10-11,14-15H,5-7H2/t10-,11+. The molecular weight excluding hydrogens is 214 g/mol. The Labute approximate surface area is 93.9 Å². The van der Waals surface area contributed by atoms with Crippen molar-refractivity contribution in [1.82, 2.24) is 4.90 Å². The third-order valence-corrected chi connectivity index (χ3v) is 2.86. The molecule has 0 aromatic heterocycles. The zero-order chi connectivity index (χ0) is 10.8. The van der Waals surface area contributed by atoms with E-state index in [1.807, 2.05) is 29.2 Å². The summed E-state index contributed by atoms with van der Waals surface area (Å²) in [6.07, 6.45) is -1.24. The average Bonchev–Trinajstić information content (AvgIpc) is 2.45. The number of aliphatic hydroxyl groups excluding tert-OH is 2. The number of hydrogen-bond donors (Lipinski definition) is 2. The second-order valence-corrected chi connectivity index (χ2v) is 4.40. The lowest BCUT2D eigenvalue weighted by Crippen LogP contribution is -2.22. The van der Waals surface area contributed by atoms with Crippen LogP contribution in [0.25, 0.3) is 0 Å². The summed E-state index contributed by atoms with van der Waals surface area (Å²) in [4.78, 5) is 2.01. The molecule has 2 atom stereocenters. The SMILES string of the molecule is O[C@@H]1CN(Cc2cccc(Cl)c2)C[C@@H]1O. The third-order valence-electron chi connectivity index (χ3n) is 2.63. The lowest BCUT2D eigenvalue weighted by Gasteiger charge is -2.14. The predicted molar refractivity (Wildman–Crippen MR) is 58.7 cm³/mol. The molecule has 82 valence electrons. The second kappa shape index (κ2) is 4.49. The van der Waals surface area contributed by atoms with Gasteiger partial charge in [0.1, 0.15) is 0 Å². The number of β-amino-alcohol motifs (C(OH)–C–C–N with tert-alkyl or cyclic N) is 2. The Balaban J connectivity index is 1.98. The van der Waals surface area contributed by atoms with E-state index in [4.69, 9.17) is 11.6 Å². The number of aliphatic hydroxyl groups is 2. The molecule has 0 radical (unpaired) electrons. The molecule has 0 spiro atoms. The maximum atomic E-state index is 9.38. The van der Waals surface area contributed by atoms with Gasteiger partial charge >= 0.3 is 0 Å². The van der Waals surface area contributed by atoms with Crippen molar-refractivity contribution in [3.63, 3.8) is 0 Å². The summed E-state index contributed by atoms with van der Waals surface area (Å²) in [5, 5.41) is 19.5. The van der Waals surface area contributed by atoms with Crippen LogP contribution in [0.4, 0.5) is 0 Å². The molecule has 1 heterocycles. The molecule has 1 aromatic carbocycles. The molecule has 0 saturated carbocycles. The summed E-state index contributed by atoms with van der Waals surface area (Å²) >= 11 is 5.87. The van der Waals surface area contributed by atoms with Gasteiger partial charge in [-0.05, 0) is 17.7 Å². The first-order valence-corrected chi connectivity index (χ1v) is 5.36. The van der Waals surface area contributed by atoms with Crippen LogP contribution in [-0.4, -0.2) is 40.4 Å². The van der Waals surface area contributed by atoms with Crippen molar-refractivity contribution in [2.24, 2.45) is 0 Å². The van der Waals surface area contributed by atoms with E-state index >= 15 is 0 Å². The largest absolute Gasteiger partial charge is 0.389 e. The number of likely N-dealkylation sites (tertiary alicyclic amines) is 1. The first-order chi connectivity index (χ1) is 7.15. The van der Waals surface area contributed by atoms with Crippen molar-refractivity contribution < 1.29 is 10.2 Å². The Hall–Kier alpha value is -0.610. The second-order valence-electron chi connectivity index (χ2n) is 3.96. The van der Waals surface area contributed by atoms with Crippen LogP contribution in [-0.2, 0) is 6.54 Å². The van der Waals surface area contributed by atoms with Gasteiger partial charge in [-0.25, -0.2) is 0 Å². The molecule has 2 rings (SSSR count). The van der Waals surface area contributed by atoms with E-state index in [0.717, 1.165) is 5.56 Å². The van der Waals surface area contributed by atoms with Crippen LogP contribution < -0.4 is 0 Å². The average molecular weight is 228 g/mol. The molecule has 2 N–H and O–H groups in total. The lowest BCUT2D eigenvalue weighted by atomic mass is 10.2. The normalized spacial score (nSPS) is 27.1. The van der Waals surface area contributed by atoms with Crippen LogP contribution in [0.3, 0.4) is 0 Å². The van der Waals surface area contributed by atoms with Crippen LogP contribution in [0.2, 0.25) is 5.02 Å². The Bertz CT molecular complexity index is 335. The first kappa shape index (κ1) is 10.9. The number of benzene rings is 1. The highest BCUT2D eigenvalue weighted by atomic mass is 35.5. The quantitative estimate of drug-likeness (QED) is 0.788. The van der Waals surface area contributed by atoms with E-state index < -0.39 is 12.2 Å². The van der Waals surface area contributed by atoms with Gasteiger partial charge in [-0.3, -0.25) is 4.90 Å². The van der Waals surface area contributed by atoms with Crippen molar-refractivity contribution in [2.45, 2.75) is 18.8 Å². The van der Waals surface area contributed by atoms with Gasteiger partial charge in [0.25, 0.3) is 0 Å². The zero-order valence-corrected chi connectivity index (χ0v) is 9.06. The summed E-state index contributed by atoms with van der Waals surface area (Å²) in [7, 11) is 0. The van der Waals surface area contributed by atoms with Crippen molar-refractivity contribution in [1.29, 1.82) is 0 Å². The highest BCUT2D eigenvalue weighted by Gasteiger charge is 2.29. The van der Waals surface area contributed by atoms with E-state index in [1.54, 1.807) is 0 Å². The molecule has 0 amide bonds. The number of hydrogen-bond acceptors (Lipinski definition) is 3. The topological polar surface area (TPSA) is 43.7 Å². The summed E-state index contributed by atoms with van der Waals surface area (Å²) in [5.41, 5.74) is 1.10. The number of rotatable bonds is 2. The molecule has 3 nitrogen and oxygen atoms in total. The summed E-state index contributed by atoms with van der Waals surface area (Å²) in [6, 6.07) is 7.63. The van der Waals surface area contributed by atoms with Gasteiger partial charge in [-0.1, -0.05) is 23.7 Å². The van der Waals surface area contributed by atoms with Crippen LogP contribution >= 0.6 is 11.6 Å². The van der Waals surface area contributed by atoms with E-state index in [1.165, 1.54) is 0 Å². The maximum Gasteiger partial charge on any atom is 0.0938 e. The molecule has 4 heteroatoms. The monoisotopic (exact) mass is 227 g/mol. The molecule has 1 fully saturated rings. The molecule has 1 aromatic rings. The van der Waals surface area contributed by atoms with Gasteiger partial charge in [0, 0.05) is 24.7 Å². The minimum Gasteiger partial charge on any atom is -0.389 e. The first-order valence-electron chi connectivity index (χ1n) is 4.98. The molecule has 1 saturated heterocycles. The van der Waals surface area contributed by atoms with Gasteiger partial charge in [0.05, 0.1) is 12.2 Å². The van der Waals surface area contributed by atoms with Gasteiger partial charge in [0.2, 0.25) is 0 Å². The summed E-state index contributed by atoms with van der Waals surface area (Å²) in [6.45, 7) is 1.76. The van der Waals surface area contributed by atoms with Crippen molar-refractivity contribution in [3.05, 3.63) is 34.9 Å². The fraction of sp³-hybridized carbons (Fsp3) is 0.455. The molecule has 0 bridgehead atoms. The third kappa shape index (κ3) is 2.69. The molecule has 15 heavy (non-hydrogen) atoms. The molecule has 1 aliphatic heterocycles. The zero-order valence-electron chi connectivity index (χ0n) is 8.31.